The molecular formula is C31H24BrFN2O5. The minimum absolute atomic E-state index is 0.292. The number of hydroxylamine groups is 1. The summed E-state index contributed by atoms with van der Waals surface area (Å²) in [6, 6.07) is 27.2. The summed E-state index contributed by atoms with van der Waals surface area (Å²) in [7, 11) is 1.55. The third kappa shape index (κ3) is 4.61. The fourth-order valence-corrected chi connectivity index (χ4v) is 5.72. The van der Waals surface area contributed by atoms with Crippen LogP contribution in [0.15, 0.2) is 102 Å². The van der Waals surface area contributed by atoms with E-state index in [1.807, 2.05) is 60.7 Å². The lowest BCUT2D eigenvalue weighted by Crippen LogP contribution is -2.37. The molecule has 2 aliphatic heterocycles. The highest BCUT2D eigenvalue weighted by Crippen LogP contribution is 2.50. The van der Waals surface area contributed by atoms with Crippen LogP contribution >= 0.6 is 15.9 Å². The van der Waals surface area contributed by atoms with Crippen LogP contribution in [-0.4, -0.2) is 25.0 Å². The van der Waals surface area contributed by atoms with Crippen LogP contribution in [0, 0.1) is 11.7 Å². The maximum absolute atomic E-state index is 13.9. The quantitative estimate of drug-likeness (QED) is 0.234. The molecule has 0 radical (unpaired) electrons. The number of hydrogen-bond donors (Lipinski definition) is 0. The number of carbonyl (C=O) groups is 2. The smallest absolute Gasteiger partial charge is 0.266 e. The van der Waals surface area contributed by atoms with Crippen molar-refractivity contribution in [1.82, 2.24) is 0 Å². The molecule has 0 N–H and O–H groups in total. The van der Waals surface area contributed by atoms with Crippen molar-refractivity contribution in [3.8, 4) is 11.5 Å². The second-order valence-electron chi connectivity index (χ2n) is 9.45. The van der Waals surface area contributed by atoms with Gasteiger partial charge in [-0.15, -0.1) is 0 Å². The van der Waals surface area contributed by atoms with Crippen molar-refractivity contribution in [2.45, 2.75) is 18.8 Å². The molecule has 0 bridgehead atoms. The number of imide groups is 1. The normalized spacial score (nSPS) is 20.1. The highest BCUT2D eigenvalue weighted by Gasteiger charge is 2.60. The van der Waals surface area contributed by atoms with E-state index in [-0.39, 0.29) is 0 Å². The zero-order valence-electron chi connectivity index (χ0n) is 21.4. The molecule has 4 aromatic carbocycles. The molecule has 4 aromatic rings. The summed E-state index contributed by atoms with van der Waals surface area (Å²) >= 11 is 3.68. The van der Waals surface area contributed by atoms with Gasteiger partial charge < -0.3 is 9.47 Å². The first-order chi connectivity index (χ1) is 19.5. The number of anilines is 2. The van der Waals surface area contributed by atoms with Gasteiger partial charge in [-0.05, 0) is 59.7 Å². The third-order valence-corrected chi connectivity index (χ3v) is 7.74. The Morgan fingerprint density at radius 3 is 2.20 bits per heavy atom. The van der Waals surface area contributed by atoms with E-state index in [0.29, 0.717) is 39.5 Å². The van der Waals surface area contributed by atoms with E-state index in [4.69, 9.17) is 14.3 Å². The molecule has 40 heavy (non-hydrogen) atoms. The maximum Gasteiger partial charge on any atom is 0.266 e. The molecule has 2 amide bonds. The van der Waals surface area contributed by atoms with E-state index in [2.05, 4.69) is 15.9 Å². The van der Waals surface area contributed by atoms with Gasteiger partial charge in [-0.1, -0.05) is 64.5 Å². The first-order valence-electron chi connectivity index (χ1n) is 12.6. The van der Waals surface area contributed by atoms with Gasteiger partial charge in [0.05, 0.1) is 24.5 Å². The second-order valence-corrected chi connectivity index (χ2v) is 10.3. The van der Waals surface area contributed by atoms with E-state index in [1.54, 1.807) is 24.3 Å². The van der Waals surface area contributed by atoms with E-state index in [1.165, 1.54) is 24.3 Å². The highest BCUT2D eigenvalue weighted by molar-refractivity contribution is 9.10. The predicted molar refractivity (Wildman–Crippen MR) is 150 cm³/mol. The molecule has 2 saturated heterocycles. The highest BCUT2D eigenvalue weighted by atomic mass is 79.9. The monoisotopic (exact) mass is 602 g/mol. The lowest BCUT2D eigenvalue weighted by atomic mass is 9.90. The summed E-state index contributed by atoms with van der Waals surface area (Å²) in [5, 5.41) is 1.61. The second kappa shape index (κ2) is 10.7. The van der Waals surface area contributed by atoms with Crippen LogP contribution in [0.1, 0.15) is 17.2 Å². The Hall–Kier alpha value is -4.21. The number of rotatable bonds is 7. The van der Waals surface area contributed by atoms with Crippen molar-refractivity contribution in [3.05, 3.63) is 118 Å². The summed E-state index contributed by atoms with van der Waals surface area (Å²) in [6.07, 6.45) is -1.06. The predicted octanol–water partition coefficient (Wildman–Crippen LogP) is 6.23. The number of benzene rings is 4. The molecule has 0 unspecified atom stereocenters. The Labute approximate surface area is 238 Å². The third-order valence-electron chi connectivity index (χ3n) is 7.05. The van der Waals surface area contributed by atoms with Crippen LogP contribution in [0.5, 0.6) is 11.5 Å². The number of ether oxygens (including phenoxy) is 2. The van der Waals surface area contributed by atoms with Crippen LogP contribution in [0.2, 0.25) is 0 Å². The van der Waals surface area contributed by atoms with Gasteiger partial charge in [0, 0.05) is 4.47 Å². The molecular weight excluding hydrogens is 579 g/mol. The molecule has 202 valence electrons. The van der Waals surface area contributed by atoms with Gasteiger partial charge in [0.1, 0.15) is 18.3 Å². The van der Waals surface area contributed by atoms with Crippen molar-refractivity contribution in [2.75, 3.05) is 17.1 Å². The lowest BCUT2D eigenvalue weighted by molar-refractivity contribution is -0.126. The molecule has 2 heterocycles. The molecule has 0 aromatic heterocycles. The first kappa shape index (κ1) is 26.0. The van der Waals surface area contributed by atoms with Crippen LogP contribution in [0.4, 0.5) is 15.8 Å². The minimum Gasteiger partial charge on any atom is -0.493 e. The van der Waals surface area contributed by atoms with E-state index >= 15 is 0 Å². The lowest BCUT2D eigenvalue weighted by Gasteiger charge is -2.29. The Morgan fingerprint density at radius 2 is 1.52 bits per heavy atom. The molecule has 0 spiro atoms. The van der Waals surface area contributed by atoms with Gasteiger partial charge in [-0.3, -0.25) is 14.4 Å². The van der Waals surface area contributed by atoms with Crippen molar-refractivity contribution in [1.29, 1.82) is 0 Å². The van der Waals surface area contributed by atoms with Gasteiger partial charge in [-0.2, -0.15) is 0 Å². The average molecular weight is 603 g/mol. The van der Waals surface area contributed by atoms with Crippen molar-refractivity contribution >= 4 is 39.1 Å². The SMILES string of the molecule is COc1cc([C@H]2[C@H]3C(=O)N(c4ccc(F)cc4)C(=O)[C@H]3ON2c2ccccc2)c(Br)cc1OCc1ccccc1. The molecule has 3 atom stereocenters. The number of para-hydroxylation sites is 1. The van der Waals surface area contributed by atoms with Gasteiger partial charge in [0.2, 0.25) is 5.91 Å². The summed E-state index contributed by atoms with van der Waals surface area (Å²) in [5.41, 5.74) is 2.66. The zero-order valence-corrected chi connectivity index (χ0v) is 23.0. The number of methoxy groups -OCH3 is 1. The van der Waals surface area contributed by atoms with E-state index in [0.717, 1.165) is 10.5 Å². The number of nitrogens with zero attached hydrogens (tertiary/aromatic N) is 2. The fraction of sp³-hybridized carbons (Fsp3) is 0.161. The van der Waals surface area contributed by atoms with Crippen molar-refractivity contribution in [2.24, 2.45) is 5.92 Å². The Morgan fingerprint density at radius 1 is 0.850 bits per heavy atom. The van der Waals surface area contributed by atoms with Crippen LogP contribution in [0.25, 0.3) is 0 Å². The average Bonchev–Trinajstić information content (AvgIpc) is 3.49. The van der Waals surface area contributed by atoms with E-state index in [9.17, 15) is 14.0 Å². The van der Waals surface area contributed by atoms with Gasteiger partial charge in [0.25, 0.3) is 5.91 Å². The number of hydrogen-bond acceptors (Lipinski definition) is 6. The van der Waals surface area contributed by atoms with Crippen molar-refractivity contribution < 1.29 is 28.3 Å². The molecule has 2 fully saturated rings. The van der Waals surface area contributed by atoms with Crippen LogP contribution < -0.4 is 19.4 Å². The maximum atomic E-state index is 13.9. The molecule has 2 aliphatic rings. The number of halogens is 2. The topological polar surface area (TPSA) is 68.3 Å². The number of amides is 2. The zero-order chi connectivity index (χ0) is 27.8. The van der Waals surface area contributed by atoms with Gasteiger partial charge in [0.15, 0.2) is 17.6 Å². The summed E-state index contributed by atoms with van der Waals surface area (Å²) in [4.78, 5) is 34.7. The molecule has 9 heteroatoms. The minimum atomic E-state index is -1.06. The van der Waals surface area contributed by atoms with Gasteiger partial charge in [-0.25, -0.2) is 14.4 Å². The van der Waals surface area contributed by atoms with Gasteiger partial charge >= 0.3 is 0 Å². The molecule has 0 aliphatic carbocycles. The largest absolute Gasteiger partial charge is 0.493 e. The molecule has 7 nitrogen and oxygen atoms in total. The summed E-state index contributed by atoms with van der Waals surface area (Å²) < 4.78 is 26.0. The Bertz CT molecular complexity index is 1550. The fourth-order valence-electron chi connectivity index (χ4n) is 5.16. The molecule has 0 saturated carbocycles. The standard InChI is InChI=1S/C31H24BrFN2O5/c1-38-25-16-23(24(32)17-26(25)39-18-19-8-4-2-5-9-19)28-27-29(40-35(28)22-10-6-3-7-11-22)31(37)34(30(27)36)21-14-12-20(33)13-15-21/h2-17,27-29H,18H2,1H3/t27-,28+,29+/m1/s1. The van der Waals surface area contributed by atoms with E-state index < -0.39 is 35.7 Å². The Kier molecular flexibility index (Phi) is 7.00. The Balaban J connectivity index is 1.40. The van der Waals surface area contributed by atoms with Crippen LogP contribution in [0.3, 0.4) is 0 Å². The molecule has 6 rings (SSSR count). The summed E-state index contributed by atoms with van der Waals surface area (Å²) in [6.45, 7) is 0.343. The first-order valence-corrected chi connectivity index (χ1v) is 13.4. The summed E-state index contributed by atoms with van der Waals surface area (Å²) in [5.74, 6) is -1.27. The van der Waals surface area contributed by atoms with Crippen LogP contribution in [-0.2, 0) is 21.0 Å². The number of carbonyl (C=O) groups excluding carboxylic acids is 2. The number of fused-ring (bicyclic) bond motifs is 1. The van der Waals surface area contributed by atoms with Crippen molar-refractivity contribution in [3.63, 3.8) is 0 Å².